The molecule has 0 amide bonds. The van der Waals surface area contributed by atoms with E-state index in [-0.39, 0.29) is 5.97 Å². The van der Waals surface area contributed by atoms with Crippen LogP contribution in [0.25, 0.3) is 0 Å². The summed E-state index contributed by atoms with van der Waals surface area (Å²) < 4.78 is 6.77. The molecule has 1 aromatic rings. The smallest absolute Gasteiger partial charge is 0.325 e. The van der Waals surface area contributed by atoms with Crippen molar-refractivity contribution in [1.82, 2.24) is 9.55 Å². The second-order valence-electron chi connectivity index (χ2n) is 3.69. The molecule has 0 saturated carbocycles. The van der Waals surface area contributed by atoms with Crippen molar-refractivity contribution in [3.63, 3.8) is 0 Å². The molecular weight excluding hydrogens is 194 g/mol. The maximum absolute atomic E-state index is 11.5. The Morgan fingerprint density at radius 2 is 2.40 bits per heavy atom. The zero-order valence-corrected chi connectivity index (χ0v) is 9.14. The molecule has 0 bridgehead atoms. The SMILES string of the molecule is CCOC(=O)C(C)(N)CCn1ccnc1. The number of hydrogen-bond acceptors (Lipinski definition) is 4. The van der Waals surface area contributed by atoms with E-state index < -0.39 is 5.54 Å². The maximum atomic E-state index is 11.5. The van der Waals surface area contributed by atoms with E-state index in [4.69, 9.17) is 10.5 Å². The predicted molar refractivity (Wildman–Crippen MR) is 56.1 cm³/mol. The Hall–Kier alpha value is -1.36. The first kappa shape index (κ1) is 11.7. The summed E-state index contributed by atoms with van der Waals surface area (Å²) in [6.45, 7) is 4.47. The van der Waals surface area contributed by atoms with E-state index in [2.05, 4.69) is 4.98 Å². The molecule has 0 fully saturated rings. The van der Waals surface area contributed by atoms with Crippen LogP contribution in [0.4, 0.5) is 0 Å². The molecule has 15 heavy (non-hydrogen) atoms. The fourth-order valence-corrected chi connectivity index (χ4v) is 1.18. The average Bonchev–Trinajstić information content (AvgIpc) is 2.68. The number of hydrogen-bond donors (Lipinski definition) is 1. The Kier molecular flexibility index (Phi) is 3.85. The molecule has 5 heteroatoms. The number of imidazole rings is 1. The minimum absolute atomic E-state index is 0.356. The molecule has 2 N–H and O–H groups in total. The Morgan fingerprint density at radius 1 is 1.67 bits per heavy atom. The van der Waals surface area contributed by atoms with Gasteiger partial charge in [-0.05, 0) is 20.3 Å². The number of aryl methyl sites for hydroxylation is 1. The van der Waals surface area contributed by atoms with Gasteiger partial charge in [-0.3, -0.25) is 4.79 Å². The third kappa shape index (κ3) is 3.36. The predicted octanol–water partition coefficient (Wildman–Crippen LogP) is 0.554. The van der Waals surface area contributed by atoms with E-state index in [9.17, 15) is 4.79 Å². The molecule has 0 aliphatic heterocycles. The number of aromatic nitrogens is 2. The summed E-state index contributed by atoms with van der Waals surface area (Å²) in [5, 5.41) is 0. The lowest BCUT2D eigenvalue weighted by molar-refractivity contribution is -0.149. The van der Waals surface area contributed by atoms with Crippen molar-refractivity contribution >= 4 is 5.97 Å². The van der Waals surface area contributed by atoms with Gasteiger partial charge >= 0.3 is 5.97 Å². The number of carbonyl (C=O) groups is 1. The molecule has 1 heterocycles. The van der Waals surface area contributed by atoms with Gasteiger partial charge in [0.15, 0.2) is 0 Å². The number of esters is 1. The zero-order chi connectivity index (χ0) is 11.3. The molecule has 0 spiro atoms. The number of carbonyl (C=O) groups excluding carboxylic acids is 1. The molecule has 0 aliphatic rings. The maximum Gasteiger partial charge on any atom is 0.325 e. The molecule has 1 atom stereocenters. The first-order chi connectivity index (χ1) is 7.06. The number of rotatable bonds is 5. The first-order valence-electron chi connectivity index (χ1n) is 4.98. The van der Waals surface area contributed by atoms with Gasteiger partial charge in [0.1, 0.15) is 5.54 Å². The third-order valence-corrected chi connectivity index (χ3v) is 2.19. The summed E-state index contributed by atoms with van der Waals surface area (Å²) in [6, 6.07) is 0. The Bertz CT molecular complexity index is 306. The summed E-state index contributed by atoms with van der Waals surface area (Å²) in [4.78, 5) is 15.4. The van der Waals surface area contributed by atoms with Crippen LogP contribution >= 0.6 is 0 Å². The molecule has 1 aromatic heterocycles. The van der Waals surface area contributed by atoms with Crippen LogP contribution in [0.5, 0.6) is 0 Å². The van der Waals surface area contributed by atoms with Gasteiger partial charge in [0.05, 0.1) is 12.9 Å². The largest absolute Gasteiger partial charge is 0.465 e. The molecule has 0 aromatic carbocycles. The first-order valence-corrected chi connectivity index (χ1v) is 4.98. The minimum Gasteiger partial charge on any atom is -0.465 e. The summed E-state index contributed by atoms with van der Waals surface area (Å²) in [7, 11) is 0. The molecule has 84 valence electrons. The lowest BCUT2D eigenvalue weighted by atomic mass is 10.00. The monoisotopic (exact) mass is 211 g/mol. The Labute approximate surface area is 89.2 Å². The van der Waals surface area contributed by atoms with Gasteiger partial charge in [-0.15, -0.1) is 0 Å². The average molecular weight is 211 g/mol. The summed E-state index contributed by atoms with van der Waals surface area (Å²) in [5.74, 6) is -0.356. The number of ether oxygens (including phenoxy) is 1. The van der Waals surface area contributed by atoms with Crippen molar-refractivity contribution in [2.75, 3.05) is 6.61 Å². The van der Waals surface area contributed by atoms with Crippen molar-refractivity contribution < 1.29 is 9.53 Å². The second-order valence-corrected chi connectivity index (χ2v) is 3.69. The van der Waals surface area contributed by atoms with Crippen LogP contribution in [0.1, 0.15) is 20.3 Å². The van der Waals surface area contributed by atoms with E-state index in [0.29, 0.717) is 19.6 Å². The van der Waals surface area contributed by atoms with E-state index >= 15 is 0 Å². The van der Waals surface area contributed by atoms with Gasteiger partial charge in [-0.25, -0.2) is 4.98 Å². The van der Waals surface area contributed by atoms with Crippen molar-refractivity contribution in [2.45, 2.75) is 32.4 Å². The van der Waals surface area contributed by atoms with Gasteiger partial charge in [-0.2, -0.15) is 0 Å². The van der Waals surface area contributed by atoms with Gasteiger partial charge in [0, 0.05) is 18.9 Å². The summed E-state index contributed by atoms with van der Waals surface area (Å²) >= 11 is 0. The standard InChI is InChI=1S/C10H17N3O2/c1-3-15-9(14)10(2,11)4-6-13-7-5-12-8-13/h5,7-8H,3-4,6,11H2,1-2H3. The van der Waals surface area contributed by atoms with Gasteiger partial charge < -0.3 is 15.0 Å². The van der Waals surface area contributed by atoms with Crippen LogP contribution < -0.4 is 5.73 Å². The van der Waals surface area contributed by atoms with E-state index in [1.807, 2.05) is 10.8 Å². The van der Waals surface area contributed by atoms with Crippen molar-refractivity contribution in [3.8, 4) is 0 Å². The molecule has 5 nitrogen and oxygen atoms in total. The molecule has 0 saturated heterocycles. The lowest BCUT2D eigenvalue weighted by Crippen LogP contribution is -2.46. The molecule has 1 rings (SSSR count). The van der Waals surface area contributed by atoms with E-state index in [1.54, 1.807) is 26.4 Å². The van der Waals surface area contributed by atoms with Crippen molar-refractivity contribution in [2.24, 2.45) is 5.73 Å². The van der Waals surface area contributed by atoms with Crippen LogP contribution in [-0.4, -0.2) is 27.7 Å². The van der Waals surface area contributed by atoms with Crippen LogP contribution in [0, 0.1) is 0 Å². The summed E-state index contributed by atoms with van der Waals surface area (Å²) in [5.41, 5.74) is 4.92. The highest BCUT2D eigenvalue weighted by atomic mass is 16.5. The second kappa shape index (κ2) is 4.93. The number of nitrogens with zero attached hydrogens (tertiary/aromatic N) is 2. The molecular formula is C10H17N3O2. The molecule has 1 unspecified atom stereocenters. The van der Waals surface area contributed by atoms with Gasteiger partial charge in [0.2, 0.25) is 0 Å². The Morgan fingerprint density at radius 3 is 2.93 bits per heavy atom. The van der Waals surface area contributed by atoms with Gasteiger partial charge in [-0.1, -0.05) is 0 Å². The van der Waals surface area contributed by atoms with Crippen LogP contribution in [0.15, 0.2) is 18.7 Å². The fourth-order valence-electron chi connectivity index (χ4n) is 1.18. The van der Waals surface area contributed by atoms with Crippen molar-refractivity contribution in [1.29, 1.82) is 0 Å². The van der Waals surface area contributed by atoms with Gasteiger partial charge in [0.25, 0.3) is 0 Å². The highest BCUT2D eigenvalue weighted by Crippen LogP contribution is 2.09. The van der Waals surface area contributed by atoms with E-state index in [0.717, 1.165) is 0 Å². The van der Waals surface area contributed by atoms with Crippen LogP contribution in [0.3, 0.4) is 0 Å². The van der Waals surface area contributed by atoms with Crippen LogP contribution in [-0.2, 0) is 16.1 Å². The van der Waals surface area contributed by atoms with Crippen molar-refractivity contribution in [3.05, 3.63) is 18.7 Å². The third-order valence-electron chi connectivity index (χ3n) is 2.19. The highest BCUT2D eigenvalue weighted by molar-refractivity contribution is 5.79. The Balaban J connectivity index is 2.45. The highest BCUT2D eigenvalue weighted by Gasteiger charge is 2.29. The van der Waals surface area contributed by atoms with E-state index in [1.165, 1.54) is 0 Å². The zero-order valence-electron chi connectivity index (χ0n) is 9.14. The minimum atomic E-state index is -0.930. The normalized spacial score (nSPS) is 14.6. The molecule has 0 radical (unpaired) electrons. The summed E-state index contributed by atoms with van der Waals surface area (Å²) in [6.07, 6.45) is 5.75. The topological polar surface area (TPSA) is 70.1 Å². The van der Waals surface area contributed by atoms with Crippen LogP contribution in [0.2, 0.25) is 0 Å². The lowest BCUT2D eigenvalue weighted by Gasteiger charge is -2.22. The fraction of sp³-hybridized carbons (Fsp3) is 0.600. The quantitative estimate of drug-likeness (QED) is 0.722. The number of nitrogens with two attached hydrogens (primary N) is 1. The molecule has 0 aliphatic carbocycles.